The lowest BCUT2D eigenvalue weighted by Crippen LogP contribution is -1.92. The lowest BCUT2D eigenvalue weighted by atomic mass is 9.95. The van der Waals surface area contributed by atoms with E-state index in [1.807, 2.05) is 24.3 Å². The smallest absolute Gasteiger partial charge is 0.169 e. The number of hydrogen-bond acceptors (Lipinski definition) is 3. The SMILES string of the molecule is Cc1cc(C)c(-c2noc3ccc4cc5ccccc5nc4c23)c(C)c1. The van der Waals surface area contributed by atoms with Gasteiger partial charge in [-0.25, -0.2) is 4.98 Å². The maximum absolute atomic E-state index is 5.67. The Kier molecular flexibility index (Phi) is 3.13. The Balaban J connectivity index is 1.93. The number of benzene rings is 3. The molecule has 3 nitrogen and oxygen atoms in total. The fourth-order valence-electron chi connectivity index (χ4n) is 3.99. The van der Waals surface area contributed by atoms with Crippen LogP contribution in [0.1, 0.15) is 16.7 Å². The second kappa shape index (κ2) is 5.40. The number of nitrogens with zero attached hydrogens (tertiary/aromatic N) is 2. The van der Waals surface area contributed by atoms with Crippen molar-refractivity contribution in [2.24, 2.45) is 0 Å². The van der Waals surface area contributed by atoms with Gasteiger partial charge in [-0.2, -0.15) is 0 Å². The van der Waals surface area contributed by atoms with Crippen LogP contribution in [0.5, 0.6) is 0 Å². The van der Waals surface area contributed by atoms with Crippen LogP contribution in [0.3, 0.4) is 0 Å². The molecule has 0 aliphatic carbocycles. The van der Waals surface area contributed by atoms with Gasteiger partial charge in [-0.3, -0.25) is 0 Å². The van der Waals surface area contributed by atoms with Crippen molar-refractivity contribution in [2.75, 3.05) is 0 Å². The van der Waals surface area contributed by atoms with E-state index in [2.05, 4.69) is 56.3 Å². The van der Waals surface area contributed by atoms with Crippen LogP contribution in [0.2, 0.25) is 0 Å². The molecule has 5 aromatic rings. The van der Waals surface area contributed by atoms with E-state index >= 15 is 0 Å². The van der Waals surface area contributed by atoms with Crippen molar-refractivity contribution < 1.29 is 4.52 Å². The van der Waals surface area contributed by atoms with Crippen LogP contribution in [-0.4, -0.2) is 10.1 Å². The molecule has 3 aromatic carbocycles. The quantitative estimate of drug-likeness (QED) is 0.346. The average Bonchev–Trinajstić information content (AvgIpc) is 3.03. The summed E-state index contributed by atoms with van der Waals surface area (Å²) >= 11 is 0. The Labute approximate surface area is 151 Å². The summed E-state index contributed by atoms with van der Waals surface area (Å²) in [5, 5.41) is 7.66. The molecule has 126 valence electrons. The molecular weight excluding hydrogens is 320 g/mol. The molecule has 2 aromatic heterocycles. The molecule has 0 amide bonds. The van der Waals surface area contributed by atoms with Gasteiger partial charge in [-0.15, -0.1) is 0 Å². The van der Waals surface area contributed by atoms with Crippen LogP contribution in [0.15, 0.2) is 59.1 Å². The Morgan fingerprint density at radius 1 is 0.808 bits per heavy atom. The molecular formula is C23H18N2O. The number of aromatic nitrogens is 2. The third kappa shape index (κ3) is 2.14. The first-order valence-electron chi connectivity index (χ1n) is 8.78. The Morgan fingerprint density at radius 2 is 1.58 bits per heavy atom. The minimum Gasteiger partial charge on any atom is -0.356 e. The molecule has 26 heavy (non-hydrogen) atoms. The van der Waals surface area contributed by atoms with Crippen molar-refractivity contribution >= 4 is 32.8 Å². The zero-order valence-electron chi connectivity index (χ0n) is 15.0. The normalized spacial score (nSPS) is 11.7. The lowest BCUT2D eigenvalue weighted by Gasteiger charge is -2.10. The largest absolute Gasteiger partial charge is 0.356 e. The molecule has 0 radical (unpaired) electrons. The first-order valence-corrected chi connectivity index (χ1v) is 8.78. The van der Waals surface area contributed by atoms with Gasteiger partial charge in [0, 0.05) is 16.3 Å². The van der Waals surface area contributed by atoms with Crippen molar-refractivity contribution in [3.8, 4) is 11.3 Å². The van der Waals surface area contributed by atoms with Gasteiger partial charge >= 0.3 is 0 Å². The van der Waals surface area contributed by atoms with Crippen LogP contribution in [0.25, 0.3) is 44.0 Å². The van der Waals surface area contributed by atoms with E-state index in [9.17, 15) is 0 Å². The molecule has 0 bridgehead atoms. The Hall–Kier alpha value is -3.20. The van der Waals surface area contributed by atoms with Gasteiger partial charge in [0.1, 0.15) is 5.69 Å². The summed E-state index contributed by atoms with van der Waals surface area (Å²) in [5.74, 6) is 0. The van der Waals surface area contributed by atoms with Gasteiger partial charge in [0.15, 0.2) is 5.58 Å². The third-order valence-electron chi connectivity index (χ3n) is 5.04. The molecule has 0 fully saturated rings. The van der Waals surface area contributed by atoms with Gasteiger partial charge in [-0.1, -0.05) is 41.1 Å². The summed E-state index contributed by atoms with van der Waals surface area (Å²) in [6.45, 7) is 6.38. The van der Waals surface area contributed by atoms with E-state index in [1.54, 1.807) is 0 Å². The second-order valence-corrected chi connectivity index (χ2v) is 7.00. The van der Waals surface area contributed by atoms with E-state index in [0.29, 0.717) is 0 Å². The van der Waals surface area contributed by atoms with Gasteiger partial charge in [0.2, 0.25) is 0 Å². The molecule has 0 saturated carbocycles. The molecule has 0 aliphatic heterocycles. The van der Waals surface area contributed by atoms with Crippen LogP contribution in [-0.2, 0) is 0 Å². The molecule has 5 rings (SSSR count). The predicted molar refractivity (Wildman–Crippen MR) is 106 cm³/mol. The van der Waals surface area contributed by atoms with Gasteiger partial charge in [0.25, 0.3) is 0 Å². The summed E-state index contributed by atoms with van der Waals surface area (Å²) in [7, 11) is 0. The summed E-state index contributed by atoms with van der Waals surface area (Å²) in [5.41, 5.74) is 8.38. The van der Waals surface area contributed by atoms with Crippen molar-refractivity contribution in [2.45, 2.75) is 20.8 Å². The molecule has 0 spiro atoms. The zero-order valence-corrected chi connectivity index (χ0v) is 15.0. The van der Waals surface area contributed by atoms with Crippen molar-refractivity contribution in [1.29, 1.82) is 0 Å². The number of pyridine rings is 1. The topological polar surface area (TPSA) is 38.9 Å². The molecule has 0 atom stereocenters. The highest BCUT2D eigenvalue weighted by Gasteiger charge is 2.18. The van der Waals surface area contributed by atoms with E-state index in [0.717, 1.165) is 44.0 Å². The van der Waals surface area contributed by atoms with Crippen molar-refractivity contribution in [3.05, 3.63) is 71.3 Å². The van der Waals surface area contributed by atoms with E-state index in [4.69, 9.17) is 9.51 Å². The Morgan fingerprint density at radius 3 is 2.38 bits per heavy atom. The zero-order chi connectivity index (χ0) is 17.8. The maximum atomic E-state index is 5.67. The maximum Gasteiger partial charge on any atom is 0.169 e. The summed E-state index contributed by atoms with van der Waals surface area (Å²) in [6.07, 6.45) is 0. The standard InChI is InChI=1S/C23H18N2O/c1-13-10-14(2)20(15(3)11-13)23-21-19(26-25-23)9-8-17-12-16-6-4-5-7-18(16)24-22(17)21/h4-12H,1-3H3. The molecule has 2 heterocycles. The lowest BCUT2D eigenvalue weighted by molar-refractivity contribution is 0.459. The van der Waals surface area contributed by atoms with Crippen LogP contribution in [0, 0.1) is 20.8 Å². The molecule has 0 saturated heterocycles. The van der Waals surface area contributed by atoms with E-state index in [-0.39, 0.29) is 0 Å². The number of para-hydroxylation sites is 1. The highest BCUT2D eigenvalue weighted by atomic mass is 16.5. The van der Waals surface area contributed by atoms with Crippen molar-refractivity contribution in [1.82, 2.24) is 10.1 Å². The molecule has 0 N–H and O–H groups in total. The van der Waals surface area contributed by atoms with Gasteiger partial charge in [-0.05, 0) is 56.2 Å². The van der Waals surface area contributed by atoms with Gasteiger partial charge in [0.05, 0.1) is 16.4 Å². The van der Waals surface area contributed by atoms with E-state index in [1.165, 1.54) is 16.7 Å². The molecule has 0 unspecified atom stereocenters. The fraction of sp³-hybridized carbons (Fsp3) is 0.130. The second-order valence-electron chi connectivity index (χ2n) is 7.00. The number of aryl methyl sites for hydroxylation is 3. The third-order valence-corrected chi connectivity index (χ3v) is 5.04. The highest BCUT2D eigenvalue weighted by molar-refractivity contribution is 6.12. The summed E-state index contributed by atoms with van der Waals surface area (Å²) in [6, 6.07) is 18.8. The minimum atomic E-state index is 0.773. The average molecular weight is 338 g/mol. The highest BCUT2D eigenvalue weighted by Crippen LogP contribution is 2.37. The first kappa shape index (κ1) is 15.1. The molecule has 3 heteroatoms. The minimum absolute atomic E-state index is 0.773. The van der Waals surface area contributed by atoms with Gasteiger partial charge < -0.3 is 4.52 Å². The monoisotopic (exact) mass is 338 g/mol. The predicted octanol–water partition coefficient (Wildman–Crippen LogP) is 6.12. The van der Waals surface area contributed by atoms with E-state index < -0.39 is 0 Å². The van der Waals surface area contributed by atoms with Crippen LogP contribution < -0.4 is 0 Å². The van der Waals surface area contributed by atoms with Crippen LogP contribution in [0.4, 0.5) is 0 Å². The Bertz CT molecular complexity index is 1290. The number of hydrogen-bond donors (Lipinski definition) is 0. The fourth-order valence-corrected chi connectivity index (χ4v) is 3.99. The van der Waals surface area contributed by atoms with Crippen molar-refractivity contribution in [3.63, 3.8) is 0 Å². The summed E-state index contributed by atoms with van der Waals surface area (Å²) < 4.78 is 5.67. The molecule has 0 aliphatic rings. The number of rotatable bonds is 1. The van der Waals surface area contributed by atoms with Crippen LogP contribution >= 0.6 is 0 Å². The first-order chi connectivity index (χ1) is 12.6. The number of fused-ring (bicyclic) bond motifs is 4. The summed E-state index contributed by atoms with van der Waals surface area (Å²) in [4.78, 5) is 4.94.